The normalized spacial score (nSPS) is 10.5. The van der Waals surface area contributed by atoms with Gasteiger partial charge in [0.15, 0.2) is 23.1 Å². The number of rotatable bonds is 5. The van der Waals surface area contributed by atoms with Crippen LogP contribution in [0.15, 0.2) is 36.4 Å². The highest BCUT2D eigenvalue weighted by Gasteiger charge is 2.20. The van der Waals surface area contributed by atoms with E-state index in [1.807, 2.05) is 6.92 Å². The minimum atomic E-state index is -0.772. The van der Waals surface area contributed by atoms with Crippen molar-refractivity contribution in [3.63, 3.8) is 0 Å². The predicted molar refractivity (Wildman–Crippen MR) is 79.7 cm³/mol. The standard InChI is InChI=1S/C17H17FO4/c1-2-3-6-11-12(9-10-14(19)16(11)20)17(21)22-15-8-5-4-7-13(15)18/h4-5,7-10,19-20H,2-3,6H2,1H3. The molecule has 0 amide bonds. The summed E-state index contributed by atoms with van der Waals surface area (Å²) in [6.07, 6.45) is 2.01. The van der Waals surface area contributed by atoms with E-state index >= 15 is 0 Å². The monoisotopic (exact) mass is 304 g/mol. The highest BCUT2D eigenvalue weighted by Crippen LogP contribution is 2.33. The summed E-state index contributed by atoms with van der Waals surface area (Å²) >= 11 is 0. The molecule has 2 aromatic carbocycles. The van der Waals surface area contributed by atoms with Crippen molar-refractivity contribution in [3.8, 4) is 17.2 Å². The molecule has 0 spiro atoms. The highest BCUT2D eigenvalue weighted by molar-refractivity contribution is 5.93. The fraction of sp³-hybridized carbons (Fsp3) is 0.235. The van der Waals surface area contributed by atoms with Gasteiger partial charge in [-0.1, -0.05) is 25.5 Å². The lowest BCUT2D eigenvalue weighted by molar-refractivity contribution is 0.0726. The average molecular weight is 304 g/mol. The molecule has 0 fully saturated rings. The summed E-state index contributed by atoms with van der Waals surface area (Å²) in [5.41, 5.74) is 0.426. The van der Waals surface area contributed by atoms with Gasteiger partial charge in [-0.15, -0.1) is 0 Å². The third kappa shape index (κ3) is 3.36. The van der Waals surface area contributed by atoms with E-state index in [9.17, 15) is 19.4 Å². The molecule has 2 aromatic rings. The Hall–Kier alpha value is -2.56. The second-order valence-electron chi connectivity index (χ2n) is 4.88. The molecule has 0 saturated carbocycles. The predicted octanol–water partition coefficient (Wildman–Crippen LogP) is 3.80. The molecular formula is C17H17FO4. The van der Waals surface area contributed by atoms with Gasteiger partial charge in [-0.25, -0.2) is 9.18 Å². The van der Waals surface area contributed by atoms with Gasteiger partial charge in [0.25, 0.3) is 0 Å². The van der Waals surface area contributed by atoms with E-state index in [-0.39, 0.29) is 22.8 Å². The van der Waals surface area contributed by atoms with Crippen LogP contribution in [0.4, 0.5) is 4.39 Å². The number of ether oxygens (including phenoxy) is 1. The average Bonchev–Trinajstić information content (AvgIpc) is 2.51. The topological polar surface area (TPSA) is 66.8 Å². The van der Waals surface area contributed by atoms with Crippen LogP contribution in [-0.2, 0) is 6.42 Å². The van der Waals surface area contributed by atoms with Gasteiger partial charge in [-0.2, -0.15) is 0 Å². The van der Waals surface area contributed by atoms with Crippen LogP contribution in [0.3, 0.4) is 0 Å². The van der Waals surface area contributed by atoms with Crippen molar-refractivity contribution in [3.05, 3.63) is 53.3 Å². The zero-order valence-electron chi connectivity index (χ0n) is 12.2. The second kappa shape index (κ2) is 6.93. The van der Waals surface area contributed by atoms with E-state index < -0.39 is 11.8 Å². The Balaban J connectivity index is 2.33. The first-order valence-electron chi connectivity index (χ1n) is 7.05. The number of aromatic hydroxyl groups is 2. The summed E-state index contributed by atoms with van der Waals surface area (Å²) < 4.78 is 18.6. The minimum Gasteiger partial charge on any atom is -0.504 e. The maximum atomic E-state index is 13.5. The first-order chi connectivity index (χ1) is 10.5. The van der Waals surface area contributed by atoms with Gasteiger partial charge in [0, 0.05) is 5.56 Å². The molecule has 0 aliphatic carbocycles. The van der Waals surface area contributed by atoms with Crippen molar-refractivity contribution in [2.75, 3.05) is 0 Å². The fourth-order valence-electron chi connectivity index (χ4n) is 2.10. The van der Waals surface area contributed by atoms with Gasteiger partial charge in [0.05, 0.1) is 5.56 Å². The van der Waals surface area contributed by atoms with Gasteiger partial charge in [-0.05, 0) is 37.1 Å². The van der Waals surface area contributed by atoms with E-state index in [0.717, 1.165) is 12.8 Å². The van der Waals surface area contributed by atoms with Crippen LogP contribution in [0, 0.1) is 5.82 Å². The molecule has 0 saturated heterocycles. The third-order valence-electron chi connectivity index (χ3n) is 3.30. The molecule has 22 heavy (non-hydrogen) atoms. The SMILES string of the molecule is CCCCc1c(C(=O)Oc2ccccc2F)ccc(O)c1O. The van der Waals surface area contributed by atoms with E-state index in [2.05, 4.69) is 0 Å². The number of carbonyl (C=O) groups is 1. The number of para-hydroxylation sites is 1. The number of carbonyl (C=O) groups excluding carboxylic acids is 1. The van der Waals surface area contributed by atoms with Gasteiger partial charge in [0.2, 0.25) is 0 Å². The van der Waals surface area contributed by atoms with Crippen molar-refractivity contribution in [2.45, 2.75) is 26.2 Å². The Kier molecular flexibility index (Phi) is 4.99. The summed E-state index contributed by atoms with van der Waals surface area (Å²) in [5.74, 6) is -2.23. The molecule has 2 rings (SSSR count). The lowest BCUT2D eigenvalue weighted by Crippen LogP contribution is -2.12. The number of phenols is 2. The minimum absolute atomic E-state index is 0.118. The van der Waals surface area contributed by atoms with Gasteiger partial charge < -0.3 is 14.9 Å². The van der Waals surface area contributed by atoms with Crippen LogP contribution in [0.2, 0.25) is 0 Å². The summed E-state index contributed by atoms with van der Waals surface area (Å²) in [4.78, 5) is 12.2. The first kappa shape index (κ1) is 15.8. The second-order valence-corrected chi connectivity index (χ2v) is 4.88. The number of unbranched alkanes of at least 4 members (excludes halogenated alkanes) is 1. The van der Waals surface area contributed by atoms with Crippen LogP contribution in [-0.4, -0.2) is 16.2 Å². The Morgan fingerprint density at radius 1 is 1.18 bits per heavy atom. The van der Waals surface area contributed by atoms with Crippen LogP contribution < -0.4 is 4.74 Å². The number of hydrogen-bond acceptors (Lipinski definition) is 4. The fourth-order valence-corrected chi connectivity index (χ4v) is 2.10. The molecule has 0 aliphatic heterocycles. The summed E-state index contributed by atoms with van der Waals surface area (Å²) in [7, 11) is 0. The summed E-state index contributed by atoms with van der Waals surface area (Å²) in [6, 6.07) is 8.16. The zero-order chi connectivity index (χ0) is 16.1. The smallest absolute Gasteiger partial charge is 0.344 e. The van der Waals surface area contributed by atoms with E-state index in [4.69, 9.17) is 4.74 Å². The quantitative estimate of drug-likeness (QED) is 0.501. The molecule has 0 aromatic heterocycles. The van der Waals surface area contributed by atoms with Crippen LogP contribution >= 0.6 is 0 Å². The molecule has 0 bridgehead atoms. The van der Waals surface area contributed by atoms with E-state index in [0.29, 0.717) is 12.0 Å². The first-order valence-corrected chi connectivity index (χ1v) is 7.05. The summed E-state index contributed by atoms with van der Waals surface area (Å²) in [6.45, 7) is 1.97. The van der Waals surface area contributed by atoms with Crippen molar-refractivity contribution < 1.29 is 24.1 Å². The van der Waals surface area contributed by atoms with Crippen molar-refractivity contribution in [2.24, 2.45) is 0 Å². The van der Waals surface area contributed by atoms with Crippen molar-refractivity contribution in [1.29, 1.82) is 0 Å². The molecule has 5 heteroatoms. The molecular weight excluding hydrogens is 287 g/mol. The van der Waals surface area contributed by atoms with Crippen LogP contribution in [0.1, 0.15) is 35.7 Å². The van der Waals surface area contributed by atoms with Crippen molar-refractivity contribution >= 4 is 5.97 Å². The Morgan fingerprint density at radius 2 is 1.91 bits per heavy atom. The number of esters is 1. The van der Waals surface area contributed by atoms with Crippen molar-refractivity contribution in [1.82, 2.24) is 0 Å². The largest absolute Gasteiger partial charge is 0.504 e. The molecule has 0 heterocycles. The number of hydrogen-bond donors (Lipinski definition) is 2. The third-order valence-corrected chi connectivity index (χ3v) is 3.30. The summed E-state index contributed by atoms with van der Waals surface area (Å²) in [5, 5.41) is 19.5. The maximum Gasteiger partial charge on any atom is 0.344 e. The molecule has 2 N–H and O–H groups in total. The van der Waals surface area contributed by atoms with Gasteiger partial charge in [-0.3, -0.25) is 0 Å². The lowest BCUT2D eigenvalue weighted by atomic mass is 10.00. The molecule has 116 valence electrons. The zero-order valence-corrected chi connectivity index (χ0v) is 12.2. The molecule has 0 radical (unpaired) electrons. The number of halogens is 1. The van der Waals surface area contributed by atoms with E-state index in [1.165, 1.54) is 30.3 Å². The Morgan fingerprint density at radius 3 is 2.59 bits per heavy atom. The maximum absolute atomic E-state index is 13.5. The Bertz CT molecular complexity index is 682. The van der Waals surface area contributed by atoms with Crippen LogP contribution in [0.5, 0.6) is 17.2 Å². The molecule has 0 unspecified atom stereocenters. The Labute approximate surface area is 127 Å². The van der Waals surface area contributed by atoms with E-state index in [1.54, 1.807) is 6.07 Å². The number of phenolic OH excluding ortho intramolecular Hbond substituents is 2. The molecule has 4 nitrogen and oxygen atoms in total. The lowest BCUT2D eigenvalue weighted by Gasteiger charge is -2.12. The molecule has 0 atom stereocenters. The van der Waals surface area contributed by atoms with Gasteiger partial charge in [0.1, 0.15) is 0 Å². The molecule has 0 aliphatic rings. The van der Waals surface area contributed by atoms with Gasteiger partial charge >= 0.3 is 5.97 Å². The highest BCUT2D eigenvalue weighted by atomic mass is 19.1. The number of benzene rings is 2. The van der Waals surface area contributed by atoms with Crippen LogP contribution in [0.25, 0.3) is 0 Å².